The molecule has 0 saturated heterocycles. The van der Waals surface area contributed by atoms with Gasteiger partial charge in [-0.2, -0.15) is 4.98 Å². The molecule has 0 aliphatic carbocycles. The van der Waals surface area contributed by atoms with Crippen LogP contribution in [0.4, 0.5) is 0 Å². The molecule has 5 nitrogen and oxygen atoms in total. The summed E-state index contributed by atoms with van der Waals surface area (Å²) in [6.45, 7) is 0. The number of benzene rings is 8. The molecule has 0 unspecified atom stereocenters. The zero-order valence-electron chi connectivity index (χ0n) is 28.9. The first-order chi connectivity index (χ1) is 26.6. The number of H-pyrrole nitrogens is 1. The van der Waals surface area contributed by atoms with Crippen LogP contribution in [0.1, 0.15) is 0 Å². The summed E-state index contributed by atoms with van der Waals surface area (Å²) >= 11 is 6.31. The van der Waals surface area contributed by atoms with E-state index in [1.807, 2.05) is 91.0 Å². The Labute approximate surface area is 316 Å². The van der Waals surface area contributed by atoms with Gasteiger partial charge in [0.05, 0.1) is 22.4 Å². The predicted molar refractivity (Wildman–Crippen MR) is 224 cm³/mol. The number of fused-ring (bicyclic) bond motifs is 6. The van der Waals surface area contributed by atoms with Crippen molar-refractivity contribution in [2.24, 2.45) is 0 Å². The molecule has 10 aromatic rings. The molecule has 10 rings (SSSR count). The number of hydrogen-bond acceptors (Lipinski definition) is 4. The van der Waals surface area contributed by atoms with E-state index in [1.54, 1.807) is 0 Å². The van der Waals surface area contributed by atoms with Gasteiger partial charge in [0.2, 0.25) is 5.28 Å². The summed E-state index contributed by atoms with van der Waals surface area (Å²) in [4.78, 5) is 28.7. The molecule has 1 N–H and O–H groups in total. The van der Waals surface area contributed by atoms with Crippen molar-refractivity contribution in [3.8, 4) is 44.8 Å². The van der Waals surface area contributed by atoms with Crippen LogP contribution in [0.3, 0.4) is 0 Å². The van der Waals surface area contributed by atoms with Crippen molar-refractivity contribution in [1.82, 2.24) is 19.9 Å². The largest absolute Gasteiger partial charge is 0.345 e. The lowest BCUT2D eigenvalue weighted by Crippen LogP contribution is -2.11. The van der Waals surface area contributed by atoms with Gasteiger partial charge in [-0.15, -0.1) is 0 Å². The lowest BCUT2D eigenvalue weighted by molar-refractivity contribution is 1.13. The second-order valence-electron chi connectivity index (χ2n) is 13.0. The summed E-state index contributed by atoms with van der Waals surface area (Å²) in [5.74, 6) is 0. The van der Waals surface area contributed by atoms with Crippen LogP contribution >= 0.6 is 11.6 Å². The van der Waals surface area contributed by atoms with E-state index >= 15 is 0 Å². The minimum absolute atomic E-state index is 0.263. The molecule has 54 heavy (non-hydrogen) atoms. The third-order valence-electron chi connectivity index (χ3n) is 9.69. The van der Waals surface area contributed by atoms with Crippen LogP contribution in [-0.4, -0.2) is 19.9 Å². The van der Waals surface area contributed by atoms with Crippen LogP contribution in [-0.2, 0) is 0 Å². The molecule has 0 radical (unpaired) electrons. The molecule has 0 atom stereocenters. The SMILES string of the molecule is Clc1nc(-c2ccccc2)c2cc(-c3ccccc3)c3ccccc3c2n1.O=c1nc(-c2ccccc2)c2cc(-c3ccccc3)c3ccccc3c2[nH]1. The molecule has 0 bridgehead atoms. The molecule has 0 amide bonds. The summed E-state index contributed by atoms with van der Waals surface area (Å²) in [5.41, 5.74) is 9.50. The van der Waals surface area contributed by atoms with Crippen molar-refractivity contribution in [2.45, 2.75) is 0 Å². The molecular formula is C48H31ClN4O. The fourth-order valence-corrected chi connectivity index (χ4v) is 7.44. The van der Waals surface area contributed by atoms with E-state index in [0.29, 0.717) is 5.69 Å². The van der Waals surface area contributed by atoms with Crippen molar-refractivity contribution in [3.63, 3.8) is 0 Å². The maximum absolute atomic E-state index is 12.3. The number of nitrogens with one attached hydrogen (secondary N) is 1. The van der Waals surface area contributed by atoms with Crippen molar-refractivity contribution in [3.05, 3.63) is 198 Å². The van der Waals surface area contributed by atoms with E-state index in [2.05, 4.69) is 111 Å². The van der Waals surface area contributed by atoms with Gasteiger partial charge in [0.15, 0.2) is 0 Å². The van der Waals surface area contributed by atoms with Gasteiger partial charge in [-0.3, -0.25) is 0 Å². The number of aromatic nitrogens is 4. The summed E-state index contributed by atoms with van der Waals surface area (Å²) < 4.78 is 0. The first kappa shape index (κ1) is 32.9. The van der Waals surface area contributed by atoms with Crippen LogP contribution < -0.4 is 5.69 Å². The minimum Gasteiger partial charge on any atom is -0.305 e. The highest BCUT2D eigenvalue weighted by Crippen LogP contribution is 2.39. The van der Waals surface area contributed by atoms with E-state index in [1.165, 1.54) is 11.1 Å². The first-order valence-corrected chi connectivity index (χ1v) is 18.1. The molecule has 0 aliphatic heterocycles. The third-order valence-corrected chi connectivity index (χ3v) is 9.86. The van der Waals surface area contributed by atoms with E-state index in [-0.39, 0.29) is 11.0 Å². The van der Waals surface area contributed by atoms with Crippen molar-refractivity contribution in [2.75, 3.05) is 0 Å². The number of nitrogens with zero attached hydrogens (tertiary/aromatic N) is 3. The van der Waals surface area contributed by atoms with E-state index in [4.69, 9.17) is 11.6 Å². The molecule has 0 fully saturated rings. The standard InChI is InChI=1S/C24H15ClN2.C24H16N2O/c25-24-26-22(17-11-5-2-6-12-17)21-15-20(16-9-3-1-4-10-16)18-13-7-8-14-19(18)23(21)27-24;27-24-25-22(17-11-5-2-6-12-17)21-15-20(16-9-3-1-4-10-16)18-13-7-8-14-19(18)23(21)26-24/h1-15H;1-15H,(H,25,26,27). The molecule has 2 aromatic heterocycles. The lowest BCUT2D eigenvalue weighted by atomic mass is 9.94. The van der Waals surface area contributed by atoms with Crippen molar-refractivity contribution >= 4 is 55.0 Å². The Morgan fingerprint density at radius 2 is 0.796 bits per heavy atom. The predicted octanol–water partition coefficient (Wildman–Crippen LogP) is 12.2. The fraction of sp³-hybridized carbons (Fsp3) is 0. The van der Waals surface area contributed by atoms with Gasteiger partial charge in [0.25, 0.3) is 0 Å². The Hall–Kier alpha value is -6.95. The molecule has 256 valence electrons. The zero-order chi connectivity index (χ0) is 36.4. The summed E-state index contributed by atoms with van der Waals surface area (Å²) in [5, 5.41) is 6.57. The fourth-order valence-electron chi connectivity index (χ4n) is 7.27. The van der Waals surface area contributed by atoms with E-state index in [0.717, 1.165) is 71.3 Å². The topological polar surface area (TPSA) is 71.5 Å². The van der Waals surface area contributed by atoms with Crippen LogP contribution in [0, 0.1) is 0 Å². The highest BCUT2D eigenvalue weighted by atomic mass is 35.5. The van der Waals surface area contributed by atoms with Crippen LogP contribution in [0.5, 0.6) is 0 Å². The second kappa shape index (κ2) is 14.2. The van der Waals surface area contributed by atoms with Gasteiger partial charge in [0.1, 0.15) is 0 Å². The Morgan fingerprint density at radius 1 is 0.389 bits per heavy atom. The number of rotatable bonds is 4. The Morgan fingerprint density at radius 3 is 1.33 bits per heavy atom. The minimum atomic E-state index is -0.334. The molecule has 0 spiro atoms. The quantitative estimate of drug-likeness (QED) is 0.145. The van der Waals surface area contributed by atoms with Gasteiger partial charge in [-0.1, -0.05) is 170 Å². The van der Waals surface area contributed by atoms with Crippen molar-refractivity contribution in [1.29, 1.82) is 0 Å². The van der Waals surface area contributed by atoms with Gasteiger partial charge >= 0.3 is 5.69 Å². The Kier molecular flexibility index (Phi) is 8.67. The normalized spacial score (nSPS) is 11.1. The molecule has 8 aromatic carbocycles. The number of halogens is 1. The summed E-state index contributed by atoms with van der Waals surface area (Å²) in [7, 11) is 0. The average Bonchev–Trinajstić information content (AvgIpc) is 3.24. The number of aromatic amines is 1. The molecule has 6 heteroatoms. The lowest BCUT2D eigenvalue weighted by Gasteiger charge is -2.13. The molecule has 0 aliphatic rings. The first-order valence-electron chi connectivity index (χ1n) is 17.7. The highest BCUT2D eigenvalue weighted by molar-refractivity contribution is 6.29. The van der Waals surface area contributed by atoms with Gasteiger partial charge in [-0.05, 0) is 56.8 Å². The van der Waals surface area contributed by atoms with Gasteiger partial charge in [-0.25, -0.2) is 14.8 Å². The zero-order valence-corrected chi connectivity index (χ0v) is 29.7. The van der Waals surface area contributed by atoms with Crippen LogP contribution in [0.15, 0.2) is 187 Å². The van der Waals surface area contributed by atoms with Crippen molar-refractivity contribution < 1.29 is 0 Å². The maximum atomic E-state index is 12.3. The third kappa shape index (κ3) is 6.17. The van der Waals surface area contributed by atoms with E-state index < -0.39 is 0 Å². The Bertz CT molecular complexity index is 3010. The second-order valence-corrected chi connectivity index (χ2v) is 13.3. The molecule has 2 heterocycles. The van der Waals surface area contributed by atoms with Gasteiger partial charge < -0.3 is 4.98 Å². The molecular weight excluding hydrogens is 684 g/mol. The monoisotopic (exact) mass is 714 g/mol. The van der Waals surface area contributed by atoms with Crippen LogP contribution in [0.2, 0.25) is 5.28 Å². The number of hydrogen-bond donors (Lipinski definition) is 1. The summed E-state index contributed by atoms with van der Waals surface area (Å²) in [6, 6.07) is 61.5. The highest BCUT2D eigenvalue weighted by Gasteiger charge is 2.16. The Balaban J connectivity index is 0.000000142. The molecule has 0 saturated carbocycles. The maximum Gasteiger partial charge on any atom is 0.345 e. The van der Waals surface area contributed by atoms with Crippen LogP contribution in [0.25, 0.3) is 88.1 Å². The smallest absolute Gasteiger partial charge is 0.305 e. The average molecular weight is 715 g/mol. The summed E-state index contributed by atoms with van der Waals surface area (Å²) in [6.07, 6.45) is 0. The van der Waals surface area contributed by atoms with Gasteiger partial charge in [0, 0.05) is 32.7 Å². The van der Waals surface area contributed by atoms with E-state index in [9.17, 15) is 4.79 Å².